The molecule has 1 aromatic heterocycles. The molecule has 5 heteroatoms. The number of carbonyl (C=O) groups is 1. The molecule has 0 bridgehead atoms. The van der Waals surface area contributed by atoms with E-state index in [1.54, 1.807) is 0 Å². The molecule has 0 saturated carbocycles. The average Bonchev–Trinajstić information content (AvgIpc) is 3.30. The first-order chi connectivity index (χ1) is 12.7. The molecular formula is C21H21N3O2. The molecule has 0 fully saturated rings. The molecule has 0 spiro atoms. The summed E-state index contributed by atoms with van der Waals surface area (Å²) in [4.78, 5) is 14.6. The Kier molecular flexibility index (Phi) is 4.52. The van der Waals surface area contributed by atoms with Gasteiger partial charge in [0.2, 0.25) is 17.7 Å². The minimum absolute atomic E-state index is 0.167. The van der Waals surface area contributed by atoms with E-state index in [0.29, 0.717) is 31.0 Å². The quantitative estimate of drug-likeness (QED) is 0.701. The maximum atomic E-state index is 12.6. The molecule has 0 saturated heterocycles. The van der Waals surface area contributed by atoms with Crippen molar-refractivity contribution in [2.45, 2.75) is 32.6 Å². The van der Waals surface area contributed by atoms with Gasteiger partial charge in [-0.15, -0.1) is 10.2 Å². The van der Waals surface area contributed by atoms with Gasteiger partial charge in [0.15, 0.2) is 0 Å². The van der Waals surface area contributed by atoms with Crippen LogP contribution in [0.4, 0.5) is 5.69 Å². The molecule has 132 valence electrons. The van der Waals surface area contributed by atoms with Crippen LogP contribution in [0.15, 0.2) is 52.9 Å². The summed E-state index contributed by atoms with van der Waals surface area (Å²) in [7, 11) is 0. The number of fused-ring (bicyclic) bond motifs is 1. The minimum Gasteiger partial charge on any atom is -0.421 e. The average molecular weight is 347 g/mol. The SMILES string of the molecule is Cc1cccc2c1N(C(=O)CCCc1nnc(-c3ccccc3)o1)CC2. The third-order valence-electron chi connectivity index (χ3n) is 4.77. The lowest BCUT2D eigenvalue weighted by atomic mass is 10.1. The van der Waals surface area contributed by atoms with E-state index in [9.17, 15) is 4.79 Å². The number of para-hydroxylation sites is 1. The van der Waals surface area contributed by atoms with E-state index < -0.39 is 0 Å². The number of aromatic nitrogens is 2. The van der Waals surface area contributed by atoms with Gasteiger partial charge in [0.25, 0.3) is 0 Å². The fraction of sp³-hybridized carbons (Fsp3) is 0.286. The van der Waals surface area contributed by atoms with Gasteiger partial charge in [0.1, 0.15) is 0 Å². The van der Waals surface area contributed by atoms with Gasteiger partial charge in [-0.05, 0) is 43.0 Å². The highest BCUT2D eigenvalue weighted by Crippen LogP contribution is 2.32. The molecule has 1 aliphatic heterocycles. The van der Waals surface area contributed by atoms with Gasteiger partial charge in [-0.1, -0.05) is 36.4 Å². The van der Waals surface area contributed by atoms with Gasteiger partial charge >= 0.3 is 0 Å². The third-order valence-corrected chi connectivity index (χ3v) is 4.77. The predicted octanol–water partition coefficient (Wildman–Crippen LogP) is 3.96. The van der Waals surface area contributed by atoms with Crippen LogP contribution >= 0.6 is 0 Å². The number of anilines is 1. The van der Waals surface area contributed by atoms with Gasteiger partial charge in [-0.3, -0.25) is 4.79 Å². The Balaban J connectivity index is 1.35. The normalized spacial score (nSPS) is 13.0. The smallest absolute Gasteiger partial charge is 0.247 e. The van der Waals surface area contributed by atoms with E-state index in [0.717, 1.165) is 29.8 Å². The van der Waals surface area contributed by atoms with Crippen molar-refractivity contribution in [1.29, 1.82) is 0 Å². The second-order valence-corrected chi connectivity index (χ2v) is 6.60. The third kappa shape index (κ3) is 3.25. The van der Waals surface area contributed by atoms with Gasteiger partial charge in [0, 0.05) is 30.6 Å². The Morgan fingerprint density at radius 1 is 1.12 bits per heavy atom. The molecule has 26 heavy (non-hydrogen) atoms. The number of rotatable bonds is 5. The second kappa shape index (κ2) is 7.12. The summed E-state index contributed by atoms with van der Waals surface area (Å²) in [5.41, 5.74) is 4.44. The van der Waals surface area contributed by atoms with Crippen LogP contribution in [-0.2, 0) is 17.6 Å². The summed E-state index contributed by atoms with van der Waals surface area (Å²) in [6.45, 7) is 2.84. The largest absolute Gasteiger partial charge is 0.421 e. The Labute approximate surface area is 152 Å². The van der Waals surface area contributed by atoms with Crippen LogP contribution in [0, 0.1) is 6.92 Å². The number of aryl methyl sites for hydroxylation is 2. The molecule has 0 aliphatic carbocycles. The number of carbonyl (C=O) groups excluding carboxylic acids is 1. The van der Waals surface area contributed by atoms with Crippen LogP contribution in [0.25, 0.3) is 11.5 Å². The van der Waals surface area contributed by atoms with E-state index in [2.05, 4.69) is 35.3 Å². The van der Waals surface area contributed by atoms with Crippen molar-refractivity contribution in [3.63, 3.8) is 0 Å². The van der Waals surface area contributed by atoms with E-state index in [1.165, 1.54) is 5.56 Å². The lowest BCUT2D eigenvalue weighted by Crippen LogP contribution is -2.29. The van der Waals surface area contributed by atoms with Crippen LogP contribution < -0.4 is 4.90 Å². The molecule has 2 aromatic carbocycles. The fourth-order valence-electron chi connectivity index (χ4n) is 3.48. The maximum absolute atomic E-state index is 12.6. The van der Waals surface area contributed by atoms with E-state index in [1.807, 2.05) is 35.2 Å². The maximum Gasteiger partial charge on any atom is 0.247 e. The van der Waals surface area contributed by atoms with E-state index >= 15 is 0 Å². The summed E-state index contributed by atoms with van der Waals surface area (Å²) < 4.78 is 5.71. The number of benzene rings is 2. The van der Waals surface area contributed by atoms with E-state index in [4.69, 9.17) is 4.42 Å². The molecule has 1 aliphatic rings. The lowest BCUT2D eigenvalue weighted by molar-refractivity contribution is -0.118. The van der Waals surface area contributed by atoms with Gasteiger partial charge in [0.05, 0.1) is 0 Å². The summed E-state index contributed by atoms with van der Waals surface area (Å²) in [6, 6.07) is 15.9. The number of hydrogen-bond donors (Lipinski definition) is 0. The Morgan fingerprint density at radius 2 is 1.96 bits per heavy atom. The van der Waals surface area contributed by atoms with Crippen LogP contribution in [0.1, 0.15) is 29.9 Å². The number of amides is 1. The predicted molar refractivity (Wildman–Crippen MR) is 99.9 cm³/mol. The summed E-state index contributed by atoms with van der Waals surface area (Å²) >= 11 is 0. The monoisotopic (exact) mass is 347 g/mol. The van der Waals surface area contributed by atoms with Crippen LogP contribution in [-0.4, -0.2) is 22.6 Å². The zero-order valence-corrected chi connectivity index (χ0v) is 14.8. The first kappa shape index (κ1) is 16.5. The topological polar surface area (TPSA) is 59.2 Å². The molecule has 3 aromatic rings. The Bertz CT molecular complexity index is 918. The van der Waals surface area contributed by atoms with Crippen molar-refractivity contribution in [3.8, 4) is 11.5 Å². The molecule has 4 rings (SSSR count). The fourth-order valence-corrected chi connectivity index (χ4v) is 3.48. The van der Waals surface area contributed by atoms with E-state index in [-0.39, 0.29) is 5.91 Å². The lowest BCUT2D eigenvalue weighted by Gasteiger charge is -2.19. The number of nitrogens with zero attached hydrogens (tertiary/aromatic N) is 3. The first-order valence-electron chi connectivity index (χ1n) is 8.99. The van der Waals surface area contributed by atoms with Gasteiger partial charge in [-0.25, -0.2) is 0 Å². The first-order valence-corrected chi connectivity index (χ1v) is 8.99. The Morgan fingerprint density at radius 3 is 2.81 bits per heavy atom. The summed E-state index contributed by atoms with van der Waals surface area (Å²) in [6.07, 6.45) is 2.73. The second-order valence-electron chi connectivity index (χ2n) is 6.60. The number of hydrogen-bond acceptors (Lipinski definition) is 4. The summed E-state index contributed by atoms with van der Waals surface area (Å²) in [5, 5.41) is 8.19. The van der Waals surface area contributed by atoms with Crippen molar-refractivity contribution >= 4 is 11.6 Å². The van der Waals surface area contributed by atoms with Crippen molar-refractivity contribution in [2.24, 2.45) is 0 Å². The molecule has 5 nitrogen and oxygen atoms in total. The molecule has 0 N–H and O–H groups in total. The van der Waals surface area contributed by atoms with Crippen molar-refractivity contribution in [1.82, 2.24) is 10.2 Å². The molecule has 1 amide bonds. The van der Waals surface area contributed by atoms with Gasteiger partial charge in [-0.2, -0.15) is 0 Å². The van der Waals surface area contributed by atoms with Crippen molar-refractivity contribution < 1.29 is 9.21 Å². The zero-order valence-electron chi connectivity index (χ0n) is 14.8. The summed E-state index contributed by atoms with van der Waals surface area (Å²) in [5.74, 6) is 1.27. The van der Waals surface area contributed by atoms with Crippen molar-refractivity contribution in [3.05, 3.63) is 65.5 Å². The van der Waals surface area contributed by atoms with Crippen LogP contribution in [0.3, 0.4) is 0 Å². The molecule has 0 unspecified atom stereocenters. The molecule has 2 heterocycles. The molecular weight excluding hydrogens is 326 g/mol. The highest BCUT2D eigenvalue weighted by Gasteiger charge is 2.25. The molecule has 0 atom stereocenters. The standard InChI is InChI=1S/C21H21N3O2/c1-15-7-5-10-16-13-14-24(20(15)16)19(25)12-6-11-18-22-23-21(26-18)17-8-3-2-4-9-17/h2-5,7-10H,6,11-14H2,1H3. The Hall–Kier alpha value is -2.95. The van der Waals surface area contributed by atoms with Crippen LogP contribution in [0.2, 0.25) is 0 Å². The highest BCUT2D eigenvalue weighted by atomic mass is 16.4. The zero-order chi connectivity index (χ0) is 17.9. The van der Waals surface area contributed by atoms with Crippen molar-refractivity contribution in [2.75, 3.05) is 11.4 Å². The minimum atomic E-state index is 0.167. The highest BCUT2D eigenvalue weighted by molar-refractivity contribution is 5.96. The molecule has 0 radical (unpaired) electrons. The van der Waals surface area contributed by atoms with Crippen LogP contribution in [0.5, 0.6) is 0 Å². The van der Waals surface area contributed by atoms with Gasteiger partial charge < -0.3 is 9.32 Å².